The third-order valence-corrected chi connectivity index (χ3v) is 12.5. The number of benzene rings is 9. The van der Waals surface area contributed by atoms with E-state index in [9.17, 15) is 0 Å². The van der Waals surface area contributed by atoms with Crippen molar-refractivity contribution < 1.29 is 0 Å². The monoisotopic (exact) mass is 816 g/mol. The lowest BCUT2D eigenvalue weighted by Gasteiger charge is -2.11. The van der Waals surface area contributed by atoms with Gasteiger partial charge in [0.1, 0.15) is 0 Å². The number of para-hydroxylation sites is 2. The van der Waals surface area contributed by atoms with E-state index >= 15 is 0 Å². The van der Waals surface area contributed by atoms with Crippen molar-refractivity contribution in [2.24, 2.45) is 9.98 Å². The van der Waals surface area contributed by atoms with Gasteiger partial charge in [0.15, 0.2) is 5.82 Å². The van der Waals surface area contributed by atoms with Crippen LogP contribution in [0.25, 0.3) is 88.0 Å². The van der Waals surface area contributed by atoms with Crippen LogP contribution in [0.4, 0.5) is 0 Å². The maximum atomic E-state index is 5.01. The topological polar surface area (TPSA) is 34.6 Å². The van der Waals surface area contributed by atoms with E-state index < -0.39 is 0 Å². The fraction of sp³-hybridized carbons (Fsp3) is 0. The van der Waals surface area contributed by atoms with Gasteiger partial charge < -0.3 is 9.13 Å². The summed E-state index contributed by atoms with van der Waals surface area (Å²) in [5.41, 5.74) is 15.4. The molecule has 0 unspecified atom stereocenters. The van der Waals surface area contributed by atoms with Crippen molar-refractivity contribution in [3.8, 4) is 33.6 Å². The van der Waals surface area contributed by atoms with E-state index in [1.54, 1.807) is 6.08 Å². The molecule has 4 nitrogen and oxygen atoms in total. The van der Waals surface area contributed by atoms with Crippen LogP contribution >= 0.6 is 0 Å². The fourth-order valence-electron chi connectivity index (χ4n) is 9.56. The van der Waals surface area contributed by atoms with Gasteiger partial charge in [-0.05, 0) is 106 Å². The summed E-state index contributed by atoms with van der Waals surface area (Å²) in [6.07, 6.45) is 7.48. The van der Waals surface area contributed by atoms with E-state index in [0.29, 0.717) is 5.82 Å². The Hall–Kier alpha value is -8.60. The number of hydrogen-bond donors (Lipinski definition) is 0. The molecule has 9 aromatic carbocycles. The Morgan fingerprint density at radius 1 is 0.359 bits per heavy atom. The molecule has 300 valence electrons. The number of aliphatic imine (C=N–C) groups is 2. The molecule has 11 aromatic rings. The van der Waals surface area contributed by atoms with Gasteiger partial charge in [0.05, 0.1) is 33.5 Å². The molecule has 0 saturated carbocycles. The van der Waals surface area contributed by atoms with Crippen LogP contribution in [-0.2, 0) is 0 Å². The summed E-state index contributed by atoms with van der Waals surface area (Å²) in [6, 6.07) is 74.5. The highest BCUT2D eigenvalue weighted by Gasteiger charge is 2.22. The van der Waals surface area contributed by atoms with E-state index in [1.165, 1.54) is 65.6 Å². The van der Waals surface area contributed by atoms with Crippen LogP contribution in [0.5, 0.6) is 0 Å². The quantitative estimate of drug-likeness (QED) is 0.137. The Morgan fingerprint density at radius 2 is 0.844 bits per heavy atom. The summed E-state index contributed by atoms with van der Waals surface area (Å²) in [5.74, 6) is 0.664. The standard InChI is InChI=1S/C60H40N4/c1-2-3-6-26-58-61-59(41-17-7-4-8-18-41)60(62-58)42-27-32-47(33-28-42)64-56-35-30-44(38-52(56)53-39-45(31-36-57(53)64)49-24-15-19-40-16-11-12-22-48(40)49)43-29-34-55-51(37-43)50-23-13-14-25-54(50)63(55)46-20-9-5-10-21-46/h2-39H,1H2/b6-3-,58-26+. The molecule has 0 saturated heterocycles. The van der Waals surface area contributed by atoms with Crippen LogP contribution in [0, 0.1) is 0 Å². The van der Waals surface area contributed by atoms with Crippen molar-refractivity contribution in [2.75, 3.05) is 0 Å². The van der Waals surface area contributed by atoms with E-state index in [4.69, 9.17) is 9.98 Å². The Balaban J connectivity index is 1.02. The molecule has 0 N–H and O–H groups in total. The first-order valence-electron chi connectivity index (χ1n) is 21.7. The van der Waals surface area contributed by atoms with Gasteiger partial charge in [0.2, 0.25) is 0 Å². The molecule has 3 heterocycles. The third-order valence-electron chi connectivity index (χ3n) is 12.5. The fourth-order valence-corrected chi connectivity index (χ4v) is 9.56. The first kappa shape index (κ1) is 37.2. The number of nitrogens with zero attached hydrogens (tertiary/aromatic N) is 4. The molecule has 0 fully saturated rings. The van der Waals surface area contributed by atoms with E-state index in [0.717, 1.165) is 45.0 Å². The van der Waals surface area contributed by atoms with Crippen LogP contribution in [-0.4, -0.2) is 20.6 Å². The minimum Gasteiger partial charge on any atom is -0.309 e. The van der Waals surface area contributed by atoms with E-state index in [-0.39, 0.29) is 0 Å². The van der Waals surface area contributed by atoms with Crippen molar-refractivity contribution in [2.45, 2.75) is 0 Å². The lowest BCUT2D eigenvalue weighted by molar-refractivity contribution is 1.18. The Morgan fingerprint density at radius 3 is 1.52 bits per heavy atom. The van der Waals surface area contributed by atoms with Gasteiger partial charge in [-0.1, -0.05) is 164 Å². The lowest BCUT2D eigenvalue weighted by Crippen LogP contribution is -2.14. The molecule has 4 heteroatoms. The normalized spacial score (nSPS) is 13.5. The molecule has 1 aliphatic heterocycles. The van der Waals surface area contributed by atoms with Crippen LogP contribution in [0.2, 0.25) is 0 Å². The SMILES string of the molecule is C=C/C=C\C=C1/N=C(c2ccccc2)C(c2ccc(-n3c4ccc(-c5ccc6c(c5)c5ccccc5n6-c5ccccc5)cc4c4cc(-c5cccc6ccccc56)ccc43)cc2)=N1. The van der Waals surface area contributed by atoms with E-state index in [2.05, 4.69) is 204 Å². The molecule has 0 bridgehead atoms. The molecule has 0 spiro atoms. The molecule has 0 radical (unpaired) electrons. The predicted molar refractivity (Wildman–Crippen MR) is 270 cm³/mol. The molecule has 2 aromatic heterocycles. The average Bonchev–Trinajstić information content (AvgIpc) is 4.04. The first-order valence-corrected chi connectivity index (χ1v) is 21.7. The molecule has 1 aliphatic rings. The number of aromatic nitrogens is 2. The van der Waals surface area contributed by atoms with Gasteiger partial charge in [0.25, 0.3) is 0 Å². The molecule has 64 heavy (non-hydrogen) atoms. The zero-order valence-corrected chi connectivity index (χ0v) is 34.9. The van der Waals surface area contributed by atoms with Gasteiger partial charge in [-0.15, -0.1) is 0 Å². The van der Waals surface area contributed by atoms with Crippen LogP contribution in [0.15, 0.2) is 253 Å². The van der Waals surface area contributed by atoms with Gasteiger partial charge in [-0.3, -0.25) is 0 Å². The Kier molecular flexibility index (Phi) is 8.94. The maximum absolute atomic E-state index is 5.01. The summed E-state index contributed by atoms with van der Waals surface area (Å²) in [5, 5.41) is 7.36. The molecule has 0 atom stereocenters. The second-order valence-electron chi connectivity index (χ2n) is 16.2. The van der Waals surface area contributed by atoms with Gasteiger partial charge in [-0.2, -0.15) is 0 Å². The highest BCUT2D eigenvalue weighted by Crippen LogP contribution is 2.40. The number of hydrogen-bond acceptors (Lipinski definition) is 2. The zero-order chi connectivity index (χ0) is 42.6. The minimum atomic E-state index is 0.664. The van der Waals surface area contributed by atoms with Crippen molar-refractivity contribution >= 4 is 65.8 Å². The summed E-state index contributed by atoms with van der Waals surface area (Å²) >= 11 is 0. The summed E-state index contributed by atoms with van der Waals surface area (Å²) in [7, 11) is 0. The van der Waals surface area contributed by atoms with Crippen molar-refractivity contribution in [1.29, 1.82) is 0 Å². The number of fused-ring (bicyclic) bond motifs is 7. The zero-order valence-electron chi connectivity index (χ0n) is 34.9. The van der Waals surface area contributed by atoms with E-state index in [1.807, 2.05) is 36.4 Å². The van der Waals surface area contributed by atoms with Crippen LogP contribution in [0.1, 0.15) is 11.1 Å². The van der Waals surface area contributed by atoms with Crippen LogP contribution in [0.3, 0.4) is 0 Å². The third kappa shape index (κ3) is 6.23. The van der Waals surface area contributed by atoms with Gasteiger partial charge >= 0.3 is 0 Å². The molecular formula is C60H40N4. The number of rotatable bonds is 8. The Bertz CT molecular complexity index is 3760. The summed E-state index contributed by atoms with van der Waals surface area (Å²) < 4.78 is 4.77. The minimum absolute atomic E-state index is 0.664. The predicted octanol–water partition coefficient (Wildman–Crippen LogP) is 15.2. The van der Waals surface area contributed by atoms with Crippen molar-refractivity contribution in [1.82, 2.24) is 9.13 Å². The molecule has 12 rings (SSSR count). The largest absolute Gasteiger partial charge is 0.309 e. The second kappa shape index (κ2) is 15.4. The van der Waals surface area contributed by atoms with Crippen molar-refractivity contribution in [3.63, 3.8) is 0 Å². The smallest absolute Gasteiger partial charge is 0.153 e. The maximum Gasteiger partial charge on any atom is 0.153 e. The van der Waals surface area contributed by atoms with Crippen LogP contribution < -0.4 is 0 Å². The molecule has 0 amide bonds. The van der Waals surface area contributed by atoms with Crippen molar-refractivity contribution in [3.05, 3.63) is 254 Å². The Labute approximate surface area is 371 Å². The number of allylic oxidation sites excluding steroid dienone is 4. The second-order valence-corrected chi connectivity index (χ2v) is 16.2. The highest BCUT2D eigenvalue weighted by atomic mass is 15.0. The summed E-state index contributed by atoms with van der Waals surface area (Å²) in [4.78, 5) is 9.97. The first-order chi connectivity index (χ1) is 31.7. The van der Waals surface area contributed by atoms with Gasteiger partial charge in [0, 0.05) is 44.0 Å². The highest BCUT2D eigenvalue weighted by molar-refractivity contribution is 6.55. The van der Waals surface area contributed by atoms with Gasteiger partial charge in [-0.25, -0.2) is 9.98 Å². The molecular weight excluding hydrogens is 777 g/mol. The summed E-state index contributed by atoms with van der Waals surface area (Å²) in [6.45, 7) is 3.80. The average molecular weight is 817 g/mol. The lowest BCUT2D eigenvalue weighted by atomic mass is 9.96. The molecule has 0 aliphatic carbocycles.